The van der Waals surface area contributed by atoms with E-state index < -0.39 is 0 Å². The van der Waals surface area contributed by atoms with Crippen molar-refractivity contribution in [2.24, 2.45) is 0 Å². The second-order valence-corrected chi connectivity index (χ2v) is 5.18. The number of anilines is 1. The van der Waals surface area contributed by atoms with Gasteiger partial charge in [0.05, 0.1) is 12.8 Å². The summed E-state index contributed by atoms with van der Waals surface area (Å²) in [6, 6.07) is 7.48. The van der Waals surface area contributed by atoms with Gasteiger partial charge in [0, 0.05) is 30.2 Å². The number of nitrogens with one attached hydrogen (secondary N) is 2. The quantitative estimate of drug-likeness (QED) is 0.576. The van der Waals surface area contributed by atoms with Crippen LogP contribution in [0.15, 0.2) is 41.5 Å². The lowest BCUT2D eigenvalue weighted by molar-refractivity contribution is 0.0938. The zero-order valence-electron chi connectivity index (χ0n) is 14.1. The minimum Gasteiger partial charge on any atom is -0.500 e. The standard InChI is InChI=1S/C18H23N3O3/c1-4-21(5-2)14-8-7-13-11-15(17(19)24-16(13)12-14)18(22)20-9-10-23-6-3/h6-8,11-12,19H,3-5,9-10H2,1-2H3,(H,20,22). The van der Waals surface area contributed by atoms with Gasteiger partial charge in [-0.25, -0.2) is 0 Å². The zero-order valence-corrected chi connectivity index (χ0v) is 14.1. The van der Waals surface area contributed by atoms with E-state index >= 15 is 0 Å². The number of fused-ring (bicyclic) bond motifs is 1. The molecular formula is C18H23N3O3. The van der Waals surface area contributed by atoms with E-state index in [9.17, 15) is 4.79 Å². The van der Waals surface area contributed by atoms with Crippen LogP contribution in [-0.4, -0.2) is 32.1 Å². The second kappa shape index (κ2) is 8.19. The lowest BCUT2D eigenvalue weighted by Gasteiger charge is -2.21. The van der Waals surface area contributed by atoms with Gasteiger partial charge in [-0.2, -0.15) is 0 Å². The molecule has 2 rings (SSSR count). The first-order valence-electron chi connectivity index (χ1n) is 7.98. The van der Waals surface area contributed by atoms with Gasteiger partial charge < -0.3 is 19.4 Å². The van der Waals surface area contributed by atoms with E-state index in [0.29, 0.717) is 18.7 Å². The number of rotatable bonds is 8. The maximum absolute atomic E-state index is 12.2. The fourth-order valence-corrected chi connectivity index (χ4v) is 2.47. The lowest BCUT2D eigenvalue weighted by atomic mass is 10.1. The molecule has 0 aliphatic heterocycles. The summed E-state index contributed by atoms with van der Waals surface area (Å²) < 4.78 is 10.5. The molecule has 1 amide bonds. The van der Waals surface area contributed by atoms with Crippen LogP contribution in [0.3, 0.4) is 0 Å². The van der Waals surface area contributed by atoms with Crippen LogP contribution in [0.1, 0.15) is 24.2 Å². The number of amides is 1. The van der Waals surface area contributed by atoms with E-state index in [0.717, 1.165) is 24.2 Å². The molecule has 128 valence electrons. The SMILES string of the molecule is C=COCCNC(=O)c1cc2ccc(N(CC)CC)cc2oc1=N. The molecule has 1 heterocycles. The summed E-state index contributed by atoms with van der Waals surface area (Å²) >= 11 is 0. The van der Waals surface area contributed by atoms with Crippen LogP contribution >= 0.6 is 0 Å². The first-order chi connectivity index (χ1) is 11.6. The molecule has 0 bridgehead atoms. The fraction of sp³-hybridized carbons (Fsp3) is 0.333. The van der Waals surface area contributed by atoms with Gasteiger partial charge in [0.2, 0.25) is 5.55 Å². The smallest absolute Gasteiger partial charge is 0.256 e. The molecule has 1 aromatic carbocycles. The second-order valence-electron chi connectivity index (χ2n) is 5.18. The Morgan fingerprint density at radius 3 is 2.79 bits per heavy atom. The van der Waals surface area contributed by atoms with Gasteiger partial charge in [0.25, 0.3) is 5.91 Å². The average molecular weight is 329 g/mol. The molecule has 0 saturated carbocycles. The van der Waals surface area contributed by atoms with E-state index in [1.165, 1.54) is 6.26 Å². The van der Waals surface area contributed by atoms with Gasteiger partial charge in [-0.3, -0.25) is 10.2 Å². The van der Waals surface area contributed by atoms with Crippen LogP contribution in [0.5, 0.6) is 0 Å². The average Bonchev–Trinajstić information content (AvgIpc) is 2.59. The Morgan fingerprint density at radius 2 is 2.12 bits per heavy atom. The number of hydrogen-bond donors (Lipinski definition) is 2. The van der Waals surface area contributed by atoms with Gasteiger partial charge in [-0.15, -0.1) is 0 Å². The Labute approximate surface area is 141 Å². The number of hydrogen-bond acceptors (Lipinski definition) is 5. The molecule has 0 aliphatic carbocycles. The highest BCUT2D eigenvalue weighted by Crippen LogP contribution is 2.21. The largest absolute Gasteiger partial charge is 0.500 e. The van der Waals surface area contributed by atoms with Crippen molar-refractivity contribution in [2.45, 2.75) is 13.8 Å². The molecule has 0 unspecified atom stereocenters. The summed E-state index contributed by atoms with van der Waals surface area (Å²) in [5.74, 6) is -0.355. The summed E-state index contributed by atoms with van der Waals surface area (Å²) in [4.78, 5) is 14.4. The molecule has 0 saturated heterocycles. The first-order valence-corrected chi connectivity index (χ1v) is 7.98. The van der Waals surface area contributed by atoms with E-state index in [-0.39, 0.29) is 17.0 Å². The third kappa shape index (κ3) is 3.95. The number of carbonyl (C=O) groups excluding carboxylic acids is 1. The Kier molecular flexibility index (Phi) is 6.01. The van der Waals surface area contributed by atoms with Crippen molar-refractivity contribution in [3.05, 3.63) is 48.2 Å². The van der Waals surface area contributed by atoms with E-state index in [2.05, 4.69) is 30.6 Å². The number of nitrogens with zero attached hydrogens (tertiary/aromatic N) is 1. The Balaban J connectivity index is 2.26. The highest BCUT2D eigenvalue weighted by Gasteiger charge is 2.12. The number of ether oxygens (including phenoxy) is 1. The molecule has 6 heteroatoms. The Morgan fingerprint density at radius 1 is 1.38 bits per heavy atom. The maximum Gasteiger partial charge on any atom is 0.256 e. The van der Waals surface area contributed by atoms with Crippen LogP contribution in [-0.2, 0) is 4.74 Å². The topological polar surface area (TPSA) is 78.6 Å². The molecule has 6 nitrogen and oxygen atoms in total. The Hall–Kier alpha value is -2.76. The monoisotopic (exact) mass is 329 g/mol. The minimum absolute atomic E-state index is 0.152. The summed E-state index contributed by atoms with van der Waals surface area (Å²) in [6.07, 6.45) is 1.32. The third-order valence-electron chi connectivity index (χ3n) is 3.75. The molecule has 0 aliphatic rings. The van der Waals surface area contributed by atoms with Crippen molar-refractivity contribution in [1.29, 1.82) is 5.41 Å². The van der Waals surface area contributed by atoms with Gasteiger partial charge in [0.1, 0.15) is 17.8 Å². The zero-order chi connectivity index (χ0) is 17.5. The lowest BCUT2D eigenvalue weighted by Crippen LogP contribution is -2.30. The number of carbonyl (C=O) groups is 1. The first kappa shape index (κ1) is 17.6. The van der Waals surface area contributed by atoms with E-state index in [4.69, 9.17) is 14.6 Å². The molecule has 0 radical (unpaired) electrons. The van der Waals surface area contributed by atoms with Gasteiger partial charge in [-0.05, 0) is 32.0 Å². The van der Waals surface area contributed by atoms with Gasteiger partial charge >= 0.3 is 0 Å². The van der Waals surface area contributed by atoms with Crippen LogP contribution in [0, 0.1) is 5.41 Å². The highest BCUT2D eigenvalue weighted by molar-refractivity contribution is 5.96. The van der Waals surface area contributed by atoms with Crippen molar-refractivity contribution in [2.75, 3.05) is 31.1 Å². The van der Waals surface area contributed by atoms with Crippen molar-refractivity contribution < 1.29 is 13.9 Å². The van der Waals surface area contributed by atoms with E-state index in [1.807, 2.05) is 18.2 Å². The molecule has 0 fully saturated rings. The van der Waals surface area contributed by atoms with Crippen molar-refractivity contribution in [1.82, 2.24) is 5.32 Å². The van der Waals surface area contributed by atoms with Crippen molar-refractivity contribution in [3.8, 4) is 0 Å². The van der Waals surface area contributed by atoms with Crippen molar-refractivity contribution in [3.63, 3.8) is 0 Å². The number of benzene rings is 1. The van der Waals surface area contributed by atoms with Crippen LogP contribution < -0.4 is 15.8 Å². The molecule has 24 heavy (non-hydrogen) atoms. The molecule has 2 N–H and O–H groups in total. The molecule has 1 aromatic heterocycles. The predicted molar refractivity (Wildman–Crippen MR) is 94.1 cm³/mol. The summed E-state index contributed by atoms with van der Waals surface area (Å²) in [6.45, 7) is 10.1. The molecular weight excluding hydrogens is 306 g/mol. The maximum atomic E-state index is 12.2. The van der Waals surface area contributed by atoms with E-state index in [1.54, 1.807) is 6.07 Å². The fourth-order valence-electron chi connectivity index (χ4n) is 2.47. The van der Waals surface area contributed by atoms with Crippen LogP contribution in [0.25, 0.3) is 11.0 Å². The van der Waals surface area contributed by atoms with Crippen LogP contribution in [0.4, 0.5) is 5.69 Å². The normalized spacial score (nSPS) is 10.4. The van der Waals surface area contributed by atoms with Gasteiger partial charge in [0.15, 0.2) is 0 Å². The van der Waals surface area contributed by atoms with Crippen molar-refractivity contribution >= 4 is 22.6 Å². The summed E-state index contributed by atoms with van der Waals surface area (Å²) in [7, 11) is 0. The molecule has 0 spiro atoms. The predicted octanol–water partition coefficient (Wildman–Crippen LogP) is 2.65. The highest BCUT2D eigenvalue weighted by atomic mass is 16.5. The van der Waals surface area contributed by atoms with Gasteiger partial charge in [-0.1, -0.05) is 6.58 Å². The van der Waals surface area contributed by atoms with Crippen LogP contribution in [0.2, 0.25) is 0 Å². The minimum atomic E-state index is -0.355. The summed E-state index contributed by atoms with van der Waals surface area (Å²) in [5.41, 5.74) is 1.68. The third-order valence-corrected chi connectivity index (χ3v) is 3.75. The Bertz CT molecular complexity index is 779. The molecule has 0 atom stereocenters. The molecule has 2 aromatic rings. The summed E-state index contributed by atoms with van der Waals surface area (Å²) in [5, 5.41) is 11.5.